The number of aromatic nitrogens is 3. The second-order valence-corrected chi connectivity index (χ2v) is 6.61. The number of carbonyl (C=O) groups excluding carboxylic acids is 1. The summed E-state index contributed by atoms with van der Waals surface area (Å²) in [5.41, 5.74) is 3.71. The fourth-order valence-corrected chi connectivity index (χ4v) is 3.45. The van der Waals surface area contributed by atoms with Gasteiger partial charge in [-0.1, -0.05) is 6.07 Å². The molecule has 0 N–H and O–H groups in total. The van der Waals surface area contributed by atoms with Crippen LogP contribution in [-0.2, 0) is 13.6 Å². The quantitative estimate of drug-likeness (QED) is 0.862. The Labute approximate surface area is 143 Å². The van der Waals surface area contributed by atoms with E-state index in [-0.39, 0.29) is 11.9 Å². The van der Waals surface area contributed by atoms with Gasteiger partial charge in [0, 0.05) is 57.4 Å². The van der Waals surface area contributed by atoms with E-state index < -0.39 is 0 Å². The summed E-state index contributed by atoms with van der Waals surface area (Å²) in [6, 6.07) is 4.24. The van der Waals surface area contributed by atoms with Crippen LogP contribution in [0.15, 0.2) is 24.5 Å². The van der Waals surface area contributed by atoms with Crippen molar-refractivity contribution in [2.45, 2.75) is 33.4 Å². The van der Waals surface area contributed by atoms with Crippen LogP contribution >= 0.6 is 0 Å². The summed E-state index contributed by atoms with van der Waals surface area (Å²) < 4.78 is 1.78. The minimum Gasteiger partial charge on any atom is -0.333 e. The van der Waals surface area contributed by atoms with Crippen molar-refractivity contribution in [3.63, 3.8) is 0 Å². The van der Waals surface area contributed by atoms with E-state index in [1.54, 1.807) is 10.9 Å². The van der Waals surface area contributed by atoms with Crippen molar-refractivity contribution in [2.24, 2.45) is 7.05 Å². The van der Waals surface area contributed by atoms with Crippen LogP contribution in [0.2, 0.25) is 0 Å². The first-order chi connectivity index (χ1) is 11.5. The summed E-state index contributed by atoms with van der Waals surface area (Å²) >= 11 is 0. The van der Waals surface area contributed by atoms with Gasteiger partial charge in [0.05, 0.1) is 11.3 Å². The van der Waals surface area contributed by atoms with Gasteiger partial charge in [-0.2, -0.15) is 5.10 Å². The minimum atomic E-state index is 0.103. The Kier molecular flexibility index (Phi) is 4.66. The van der Waals surface area contributed by atoms with Crippen molar-refractivity contribution in [2.75, 3.05) is 19.6 Å². The van der Waals surface area contributed by atoms with Crippen LogP contribution in [0, 0.1) is 13.8 Å². The Hall–Kier alpha value is -2.21. The second-order valence-electron chi connectivity index (χ2n) is 6.61. The SMILES string of the molecule is Cc1nn(C)c(C)c1C(=O)N1CCN(Cc2cccnc2)C[C@H]1C. The summed E-state index contributed by atoms with van der Waals surface area (Å²) in [5, 5.41) is 4.37. The second kappa shape index (κ2) is 6.73. The van der Waals surface area contributed by atoms with Crippen molar-refractivity contribution in [3.05, 3.63) is 47.0 Å². The predicted octanol–water partition coefficient (Wildman–Crippen LogP) is 1.78. The molecule has 6 heteroatoms. The van der Waals surface area contributed by atoms with Crippen LogP contribution in [0.25, 0.3) is 0 Å². The van der Waals surface area contributed by atoms with Crippen LogP contribution < -0.4 is 0 Å². The topological polar surface area (TPSA) is 54.3 Å². The van der Waals surface area contributed by atoms with Gasteiger partial charge in [-0.05, 0) is 32.4 Å². The molecular weight excluding hydrogens is 302 g/mol. The smallest absolute Gasteiger partial charge is 0.257 e. The van der Waals surface area contributed by atoms with Gasteiger partial charge < -0.3 is 4.90 Å². The highest BCUT2D eigenvalue weighted by Gasteiger charge is 2.30. The van der Waals surface area contributed by atoms with Gasteiger partial charge >= 0.3 is 0 Å². The van der Waals surface area contributed by atoms with E-state index in [0.29, 0.717) is 0 Å². The number of hydrogen-bond donors (Lipinski definition) is 0. The van der Waals surface area contributed by atoms with E-state index in [0.717, 1.165) is 43.1 Å². The molecule has 128 valence electrons. The molecule has 2 aromatic rings. The largest absolute Gasteiger partial charge is 0.333 e. The molecule has 0 unspecified atom stereocenters. The van der Waals surface area contributed by atoms with Crippen LogP contribution in [0.3, 0.4) is 0 Å². The maximum atomic E-state index is 13.0. The molecule has 2 aromatic heterocycles. The van der Waals surface area contributed by atoms with Crippen LogP contribution in [-0.4, -0.2) is 56.1 Å². The molecule has 0 aliphatic carbocycles. The van der Waals surface area contributed by atoms with Gasteiger partial charge in [0.15, 0.2) is 0 Å². The van der Waals surface area contributed by atoms with Gasteiger partial charge in [-0.25, -0.2) is 0 Å². The maximum Gasteiger partial charge on any atom is 0.257 e. The van der Waals surface area contributed by atoms with Crippen molar-refractivity contribution in [3.8, 4) is 0 Å². The third-order valence-electron chi connectivity index (χ3n) is 4.82. The first kappa shape index (κ1) is 16.6. The van der Waals surface area contributed by atoms with Gasteiger partial charge in [0.25, 0.3) is 5.91 Å². The molecule has 3 rings (SSSR count). The number of piperazine rings is 1. The summed E-state index contributed by atoms with van der Waals surface area (Å²) in [4.78, 5) is 21.5. The van der Waals surface area contributed by atoms with Gasteiger partial charge in [0.2, 0.25) is 0 Å². The number of rotatable bonds is 3. The van der Waals surface area contributed by atoms with Crippen molar-refractivity contribution >= 4 is 5.91 Å². The zero-order valence-electron chi connectivity index (χ0n) is 14.9. The first-order valence-electron chi connectivity index (χ1n) is 8.39. The average Bonchev–Trinajstić information content (AvgIpc) is 2.80. The molecule has 24 heavy (non-hydrogen) atoms. The zero-order chi connectivity index (χ0) is 17.3. The highest BCUT2D eigenvalue weighted by Crippen LogP contribution is 2.19. The zero-order valence-corrected chi connectivity index (χ0v) is 14.9. The molecule has 0 radical (unpaired) electrons. The van der Waals surface area contributed by atoms with Crippen molar-refractivity contribution < 1.29 is 4.79 Å². The van der Waals surface area contributed by atoms with Crippen LogP contribution in [0.5, 0.6) is 0 Å². The normalized spacial score (nSPS) is 18.8. The van der Waals surface area contributed by atoms with E-state index >= 15 is 0 Å². The molecule has 1 aliphatic heterocycles. The average molecular weight is 327 g/mol. The van der Waals surface area contributed by atoms with E-state index in [1.807, 2.05) is 38.1 Å². The van der Waals surface area contributed by atoms with E-state index in [2.05, 4.69) is 28.0 Å². The monoisotopic (exact) mass is 327 g/mol. The van der Waals surface area contributed by atoms with E-state index in [1.165, 1.54) is 5.56 Å². The number of aryl methyl sites for hydroxylation is 2. The van der Waals surface area contributed by atoms with Crippen LogP contribution in [0.4, 0.5) is 0 Å². The third kappa shape index (κ3) is 3.19. The summed E-state index contributed by atoms with van der Waals surface area (Å²) in [5.74, 6) is 0.103. The maximum absolute atomic E-state index is 13.0. The molecular formula is C18H25N5O. The van der Waals surface area contributed by atoms with Crippen molar-refractivity contribution in [1.82, 2.24) is 24.6 Å². The number of carbonyl (C=O) groups is 1. The molecule has 0 aromatic carbocycles. The summed E-state index contributed by atoms with van der Waals surface area (Å²) in [7, 11) is 1.88. The molecule has 1 atom stereocenters. The summed E-state index contributed by atoms with van der Waals surface area (Å²) in [6.45, 7) is 9.36. The predicted molar refractivity (Wildman–Crippen MR) is 92.7 cm³/mol. The Morgan fingerprint density at radius 2 is 2.12 bits per heavy atom. The molecule has 0 saturated carbocycles. The molecule has 1 fully saturated rings. The molecule has 0 bridgehead atoms. The Balaban J connectivity index is 1.68. The lowest BCUT2D eigenvalue weighted by Crippen LogP contribution is -2.53. The first-order valence-corrected chi connectivity index (χ1v) is 8.39. The van der Waals surface area contributed by atoms with E-state index in [4.69, 9.17) is 0 Å². The van der Waals surface area contributed by atoms with Crippen LogP contribution in [0.1, 0.15) is 34.2 Å². The third-order valence-corrected chi connectivity index (χ3v) is 4.82. The number of hydrogen-bond acceptors (Lipinski definition) is 4. The molecule has 6 nitrogen and oxygen atoms in total. The number of amides is 1. The number of nitrogens with zero attached hydrogens (tertiary/aromatic N) is 5. The Morgan fingerprint density at radius 1 is 1.33 bits per heavy atom. The van der Waals surface area contributed by atoms with Gasteiger partial charge in [-0.3, -0.25) is 19.4 Å². The molecule has 1 aliphatic rings. The fourth-order valence-electron chi connectivity index (χ4n) is 3.45. The number of pyridine rings is 1. The lowest BCUT2D eigenvalue weighted by Gasteiger charge is -2.40. The van der Waals surface area contributed by atoms with E-state index in [9.17, 15) is 4.79 Å². The fraction of sp³-hybridized carbons (Fsp3) is 0.500. The summed E-state index contributed by atoms with van der Waals surface area (Å²) in [6.07, 6.45) is 3.70. The Bertz CT molecular complexity index is 725. The highest BCUT2D eigenvalue weighted by molar-refractivity contribution is 5.96. The molecule has 1 amide bonds. The minimum absolute atomic E-state index is 0.103. The molecule has 1 saturated heterocycles. The molecule has 3 heterocycles. The van der Waals surface area contributed by atoms with Gasteiger partial charge in [-0.15, -0.1) is 0 Å². The lowest BCUT2D eigenvalue weighted by atomic mass is 10.1. The molecule has 0 spiro atoms. The van der Waals surface area contributed by atoms with Crippen molar-refractivity contribution in [1.29, 1.82) is 0 Å². The highest BCUT2D eigenvalue weighted by atomic mass is 16.2. The lowest BCUT2D eigenvalue weighted by molar-refractivity contribution is 0.0474. The Morgan fingerprint density at radius 3 is 2.71 bits per heavy atom. The van der Waals surface area contributed by atoms with Gasteiger partial charge in [0.1, 0.15) is 0 Å². The standard InChI is InChI=1S/C18H25N5O/c1-13-11-22(12-16-6-5-7-19-10-16)8-9-23(13)18(24)17-14(2)20-21(4)15(17)3/h5-7,10,13H,8-9,11-12H2,1-4H3/t13-/m1/s1.